The van der Waals surface area contributed by atoms with Crippen LogP contribution in [0.5, 0.6) is 5.75 Å². The van der Waals surface area contributed by atoms with Gasteiger partial charge in [0.25, 0.3) is 0 Å². The van der Waals surface area contributed by atoms with Crippen LogP contribution in [0.4, 0.5) is 5.69 Å². The molecule has 0 aliphatic rings. The van der Waals surface area contributed by atoms with Gasteiger partial charge in [-0.3, -0.25) is 0 Å². The number of pyridine rings is 1. The lowest BCUT2D eigenvalue weighted by atomic mass is 10.0. The molecule has 0 amide bonds. The maximum absolute atomic E-state index is 11.8. The van der Waals surface area contributed by atoms with Gasteiger partial charge in [-0.1, -0.05) is 6.07 Å². The molecule has 0 radical (unpaired) electrons. The van der Waals surface area contributed by atoms with E-state index in [4.69, 9.17) is 4.74 Å². The smallest absolute Gasteiger partial charge is 0.337 e. The van der Waals surface area contributed by atoms with Crippen LogP contribution in [0.25, 0.3) is 22.2 Å². The number of esters is 1. The molecule has 0 unspecified atom stereocenters. The molecule has 1 aromatic heterocycles. The van der Waals surface area contributed by atoms with Crippen LogP contribution in [0.2, 0.25) is 0 Å². The first-order valence-electron chi connectivity index (χ1n) is 7.49. The minimum absolute atomic E-state index is 0.216. The van der Waals surface area contributed by atoms with Crippen LogP contribution in [0, 0.1) is 0 Å². The summed E-state index contributed by atoms with van der Waals surface area (Å²) in [5.41, 5.74) is 3.89. The number of fused-ring (bicyclic) bond motifs is 1. The number of hydrogen-bond donors (Lipinski definition) is 1. The number of nitrogens with zero attached hydrogens (tertiary/aromatic N) is 2. The maximum Gasteiger partial charge on any atom is 0.337 e. The van der Waals surface area contributed by atoms with Crippen molar-refractivity contribution in [2.24, 2.45) is 0 Å². The van der Waals surface area contributed by atoms with E-state index in [-0.39, 0.29) is 11.7 Å². The van der Waals surface area contributed by atoms with E-state index in [0.29, 0.717) is 5.56 Å². The molecule has 0 atom stereocenters. The summed E-state index contributed by atoms with van der Waals surface area (Å²) in [4.78, 5) is 18.4. The third-order valence-corrected chi connectivity index (χ3v) is 3.85. The molecule has 0 fully saturated rings. The Morgan fingerprint density at radius 1 is 1.08 bits per heavy atom. The van der Waals surface area contributed by atoms with Gasteiger partial charge in [0.1, 0.15) is 5.75 Å². The van der Waals surface area contributed by atoms with Crippen LogP contribution in [0.15, 0.2) is 48.5 Å². The van der Waals surface area contributed by atoms with Gasteiger partial charge in [-0.25, -0.2) is 9.78 Å². The zero-order valence-corrected chi connectivity index (χ0v) is 13.8. The van der Waals surface area contributed by atoms with Crippen molar-refractivity contribution in [1.29, 1.82) is 0 Å². The van der Waals surface area contributed by atoms with E-state index in [0.717, 1.165) is 27.8 Å². The van der Waals surface area contributed by atoms with Gasteiger partial charge in [0, 0.05) is 30.7 Å². The lowest BCUT2D eigenvalue weighted by Gasteiger charge is -2.18. The predicted octanol–water partition coefficient (Wildman–Crippen LogP) is 3.46. The van der Waals surface area contributed by atoms with Gasteiger partial charge in [0.2, 0.25) is 0 Å². The zero-order valence-electron chi connectivity index (χ0n) is 13.8. The number of rotatable bonds is 3. The molecule has 1 N–H and O–H groups in total. The fourth-order valence-corrected chi connectivity index (χ4v) is 2.63. The Morgan fingerprint density at radius 3 is 2.58 bits per heavy atom. The number of hydrogen-bond acceptors (Lipinski definition) is 5. The number of anilines is 1. The molecule has 0 aliphatic heterocycles. The first-order valence-corrected chi connectivity index (χ1v) is 7.49. The number of phenolic OH excluding ortho intramolecular Hbond substituents is 1. The molecule has 0 aliphatic carbocycles. The second-order valence-corrected chi connectivity index (χ2v) is 5.69. The SMILES string of the molecule is COC(=O)c1ccc(-c2ccc3cc(O)ccc3n2)c(N(C)C)c1. The van der Waals surface area contributed by atoms with Crippen LogP contribution in [-0.2, 0) is 4.74 Å². The van der Waals surface area contributed by atoms with Gasteiger partial charge in [-0.15, -0.1) is 0 Å². The molecule has 122 valence electrons. The first-order chi connectivity index (χ1) is 11.5. The van der Waals surface area contributed by atoms with Crippen LogP contribution in [-0.4, -0.2) is 37.3 Å². The highest BCUT2D eigenvalue weighted by molar-refractivity contribution is 5.93. The molecule has 0 bridgehead atoms. The number of aromatic hydroxyl groups is 1. The van der Waals surface area contributed by atoms with Crippen molar-refractivity contribution in [2.75, 3.05) is 26.1 Å². The van der Waals surface area contributed by atoms with Gasteiger partial charge in [0.05, 0.1) is 23.9 Å². The zero-order chi connectivity index (χ0) is 17.3. The monoisotopic (exact) mass is 322 g/mol. The van der Waals surface area contributed by atoms with Crippen LogP contribution in [0.1, 0.15) is 10.4 Å². The standard InChI is InChI=1S/C19H18N2O3/c1-21(2)18-11-13(19(23)24-3)4-7-15(18)17-8-5-12-10-14(22)6-9-16(12)20-17/h4-11,22H,1-3H3. The van der Waals surface area contributed by atoms with E-state index < -0.39 is 0 Å². The van der Waals surface area contributed by atoms with Crippen molar-refractivity contribution >= 4 is 22.6 Å². The van der Waals surface area contributed by atoms with Crippen molar-refractivity contribution in [1.82, 2.24) is 4.98 Å². The molecule has 24 heavy (non-hydrogen) atoms. The van der Waals surface area contributed by atoms with E-state index in [9.17, 15) is 9.90 Å². The lowest BCUT2D eigenvalue weighted by Crippen LogP contribution is -2.12. The van der Waals surface area contributed by atoms with Gasteiger partial charge < -0.3 is 14.7 Å². The quantitative estimate of drug-likeness (QED) is 0.748. The van der Waals surface area contributed by atoms with Crippen molar-refractivity contribution in [3.63, 3.8) is 0 Å². The minimum atomic E-state index is -0.369. The summed E-state index contributed by atoms with van der Waals surface area (Å²) in [7, 11) is 5.20. The van der Waals surface area contributed by atoms with Crippen LogP contribution in [0.3, 0.4) is 0 Å². The molecule has 2 aromatic carbocycles. The number of carbonyl (C=O) groups excluding carboxylic acids is 1. The van der Waals surface area contributed by atoms with Gasteiger partial charge in [-0.05, 0) is 42.5 Å². The van der Waals surface area contributed by atoms with E-state index in [1.165, 1.54) is 7.11 Å². The molecular weight excluding hydrogens is 304 g/mol. The molecule has 0 saturated carbocycles. The van der Waals surface area contributed by atoms with Crippen molar-refractivity contribution in [2.45, 2.75) is 0 Å². The largest absolute Gasteiger partial charge is 0.508 e. The number of benzene rings is 2. The molecule has 0 saturated heterocycles. The fraction of sp³-hybridized carbons (Fsp3) is 0.158. The molecule has 0 spiro atoms. The number of methoxy groups -OCH3 is 1. The average molecular weight is 322 g/mol. The number of carbonyl (C=O) groups is 1. The highest BCUT2D eigenvalue weighted by Gasteiger charge is 2.14. The number of aromatic nitrogens is 1. The summed E-state index contributed by atoms with van der Waals surface area (Å²) in [6.07, 6.45) is 0. The van der Waals surface area contributed by atoms with Crippen LogP contribution >= 0.6 is 0 Å². The Kier molecular flexibility index (Phi) is 4.08. The van der Waals surface area contributed by atoms with E-state index in [1.807, 2.05) is 37.2 Å². The Hall–Kier alpha value is -3.08. The molecule has 3 aromatic rings. The van der Waals surface area contributed by atoms with Gasteiger partial charge in [-0.2, -0.15) is 0 Å². The van der Waals surface area contributed by atoms with E-state index >= 15 is 0 Å². The second-order valence-electron chi connectivity index (χ2n) is 5.69. The highest BCUT2D eigenvalue weighted by atomic mass is 16.5. The van der Waals surface area contributed by atoms with Crippen molar-refractivity contribution in [3.8, 4) is 17.0 Å². The third kappa shape index (κ3) is 2.88. The van der Waals surface area contributed by atoms with Crippen molar-refractivity contribution < 1.29 is 14.6 Å². The Morgan fingerprint density at radius 2 is 1.88 bits per heavy atom. The summed E-state index contributed by atoms with van der Waals surface area (Å²) >= 11 is 0. The van der Waals surface area contributed by atoms with Gasteiger partial charge in [0.15, 0.2) is 0 Å². The molecule has 3 rings (SSSR count). The second kappa shape index (κ2) is 6.20. The molecule has 5 heteroatoms. The molecule has 1 heterocycles. The van der Waals surface area contributed by atoms with Crippen molar-refractivity contribution in [3.05, 3.63) is 54.1 Å². The number of ether oxygens (including phenoxy) is 1. The van der Waals surface area contributed by atoms with E-state index in [1.54, 1.807) is 30.3 Å². The number of phenols is 1. The third-order valence-electron chi connectivity index (χ3n) is 3.85. The summed E-state index contributed by atoms with van der Waals surface area (Å²) in [5, 5.41) is 10.4. The van der Waals surface area contributed by atoms with E-state index in [2.05, 4.69) is 4.98 Å². The summed E-state index contributed by atoms with van der Waals surface area (Å²) < 4.78 is 4.79. The molecular formula is C19H18N2O3. The summed E-state index contributed by atoms with van der Waals surface area (Å²) in [5.74, 6) is -0.153. The Labute approximate surface area is 140 Å². The Bertz CT molecular complexity index is 920. The normalized spacial score (nSPS) is 10.6. The highest BCUT2D eigenvalue weighted by Crippen LogP contribution is 2.31. The average Bonchev–Trinajstić information content (AvgIpc) is 2.60. The minimum Gasteiger partial charge on any atom is -0.508 e. The summed E-state index contributed by atoms with van der Waals surface area (Å²) in [6, 6.07) is 14.3. The predicted molar refractivity (Wildman–Crippen MR) is 94.5 cm³/mol. The van der Waals surface area contributed by atoms with Crippen LogP contribution < -0.4 is 4.90 Å². The fourth-order valence-electron chi connectivity index (χ4n) is 2.63. The lowest BCUT2D eigenvalue weighted by molar-refractivity contribution is 0.0601. The maximum atomic E-state index is 11.8. The van der Waals surface area contributed by atoms with Gasteiger partial charge >= 0.3 is 5.97 Å². The first kappa shape index (κ1) is 15.8. The summed E-state index contributed by atoms with van der Waals surface area (Å²) in [6.45, 7) is 0. The topological polar surface area (TPSA) is 62.7 Å². The Balaban J connectivity index is 2.14. The molecule has 5 nitrogen and oxygen atoms in total.